The molecule has 0 aliphatic heterocycles. The second-order valence-electron chi connectivity index (χ2n) is 5.75. The van der Waals surface area contributed by atoms with Crippen molar-refractivity contribution in [3.05, 3.63) is 23.8 Å². The second-order valence-corrected chi connectivity index (χ2v) is 5.75. The standard InChI is InChI=1S/C16H23N3O2/c1-16(2,9-10-17)8-7-14(20)19-15-12(11-18)5-4-6-13(15)21-3/h4-6H,7-10,17H2,1-3H3,(H,19,20). The molecule has 0 fully saturated rings. The molecule has 0 atom stereocenters. The third-order valence-corrected chi connectivity index (χ3v) is 3.48. The summed E-state index contributed by atoms with van der Waals surface area (Å²) in [5, 5.41) is 11.9. The van der Waals surface area contributed by atoms with Gasteiger partial charge in [0.15, 0.2) is 0 Å². The molecule has 1 aromatic rings. The van der Waals surface area contributed by atoms with Gasteiger partial charge in [-0.05, 0) is 36.9 Å². The summed E-state index contributed by atoms with van der Waals surface area (Å²) < 4.78 is 5.19. The van der Waals surface area contributed by atoms with Gasteiger partial charge < -0.3 is 15.8 Å². The van der Waals surface area contributed by atoms with E-state index in [4.69, 9.17) is 15.7 Å². The van der Waals surface area contributed by atoms with Gasteiger partial charge in [-0.3, -0.25) is 4.79 Å². The molecule has 0 aliphatic rings. The van der Waals surface area contributed by atoms with Crippen molar-refractivity contribution in [3.63, 3.8) is 0 Å². The maximum absolute atomic E-state index is 12.1. The Balaban J connectivity index is 2.74. The van der Waals surface area contributed by atoms with Gasteiger partial charge in [-0.2, -0.15) is 5.26 Å². The fourth-order valence-electron chi connectivity index (χ4n) is 2.09. The van der Waals surface area contributed by atoms with Crippen LogP contribution in [0.3, 0.4) is 0 Å². The van der Waals surface area contributed by atoms with Gasteiger partial charge in [0.25, 0.3) is 0 Å². The summed E-state index contributed by atoms with van der Waals surface area (Å²) >= 11 is 0. The smallest absolute Gasteiger partial charge is 0.224 e. The van der Waals surface area contributed by atoms with Crippen LogP contribution in [0.1, 0.15) is 38.7 Å². The lowest BCUT2D eigenvalue weighted by Gasteiger charge is -2.23. The van der Waals surface area contributed by atoms with Crippen LogP contribution in [0, 0.1) is 16.7 Å². The summed E-state index contributed by atoms with van der Waals surface area (Å²) in [6.45, 7) is 4.80. The molecule has 3 N–H and O–H groups in total. The monoisotopic (exact) mass is 289 g/mol. The van der Waals surface area contributed by atoms with Crippen molar-refractivity contribution >= 4 is 11.6 Å². The lowest BCUT2D eigenvalue weighted by atomic mass is 9.84. The molecule has 5 heteroatoms. The van der Waals surface area contributed by atoms with E-state index in [0.29, 0.717) is 30.0 Å². The SMILES string of the molecule is COc1cccc(C#N)c1NC(=O)CCC(C)(C)CCN. The first-order valence-corrected chi connectivity index (χ1v) is 7.00. The number of para-hydroxylation sites is 1. The first-order valence-electron chi connectivity index (χ1n) is 7.00. The molecule has 0 spiro atoms. The van der Waals surface area contributed by atoms with Gasteiger partial charge in [0.2, 0.25) is 5.91 Å². The molecule has 0 unspecified atom stereocenters. The van der Waals surface area contributed by atoms with E-state index in [1.54, 1.807) is 18.2 Å². The summed E-state index contributed by atoms with van der Waals surface area (Å²) in [5.41, 5.74) is 6.43. The highest BCUT2D eigenvalue weighted by Crippen LogP contribution is 2.29. The van der Waals surface area contributed by atoms with Crippen molar-refractivity contribution in [3.8, 4) is 11.8 Å². The Morgan fingerprint density at radius 2 is 2.14 bits per heavy atom. The van der Waals surface area contributed by atoms with Gasteiger partial charge >= 0.3 is 0 Å². The van der Waals surface area contributed by atoms with Crippen LogP contribution in [-0.2, 0) is 4.79 Å². The minimum Gasteiger partial charge on any atom is -0.495 e. The van der Waals surface area contributed by atoms with Gasteiger partial charge in [-0.25, -0.2) is 0 Å². The minimum absolute atomic E-state index is 0.0327. The van der Waals surface area contributed by atoms with Crippen LogP contribution in [0.2, 0.25) is 0 Å². The van der Waals surface area contributed by atoms with Gasteiger partial charge in [-0.1, -0.05) is 19.9 Å². The zero-order valence-corrected chi connectivity index (χ0v) is 12.9. The average Bonchev–Trinajstić information content (AvgIpc) is 2.45. The fourth-order valence-corrected chi connectivity index (χ4v) is 2.09. The molecule has 0 heterocycles. The van der Waals surface area contributed by atoms with Crippen LogP contribution in [0.4, 0.5) is 5.69 Å². The van der Waals surface area contributed by atoms with Gasteiger partial charge in [0.1, 0.15) is 17.5 Å². The van der Waals surface area contributed by atoms with Gasteiger partial charge in [0.05, 0.1) is 12.7 Å². The van der Waals surface area contributed by atoms with E-state index in [1.807, 2.05) is 0 Å². The Morgan fingerprint density at radius 1 is 1.43 bits per heavy atom. The number of carbonyl (C=O) groups excluding carboxylic acids is 1. The number of nitrogens with one attached hydrogen (secondary N) is 1. The summed E-state index contributed by atoms with van der Waals surface area (Å²) in [6.07, 6.45) is 2.00. The molecule has 1 aromatic carbocycles. The summed E-state index contributed by atoms with van der Waals surface area (Å²) in [6, 6.07) is 7.14. The number of nitrogens with two attached hydrogens (primary N) is 1. The largest absolute Gasteiger partial charge is 0.495 e. The first-order chi connectivity index (χ1) is 9.93. The highest BCUT2D eigenvalue weighted by molar-refractivity contribution is 5.93. The predicted molar refractivity (Wildman–Crippen MR) is 83.0 cm³/mol. The van der Waals surface area contributed by atoms with Crippen molar-refractivity contribution in [2.75, 3.05) is 19.0 Å². The topological polar surface area (TPSA) is 88.1 Å². The summed E-state index contributed by atoms with van der Waals surface area (Å²) in [7, 11) is 1.51. The normalized spacial score (nSPS) is 10.8. The molecule has 0 aliphatic carbocycles. The Morgan fingerprint density at radius 3 is 2.71 bits per heavy atom. The molecule has 1 amide bonds. The zero-order valence-electron chi connectivity index (χ0n) is 12.9. The molecule has 21 heavy (non-hydrogen) atoms. The van der Waals surface area contributed by atoms with Crippen molar-refractivity contribution in [1.82, 2.24) is 0 Å². The zero-order chi connectivity index (χ0) is 15.9. The van der Waals surface area contributed by atoms with Crippen molar-refractivity contribution in [2.24, 2.45) is 11.1 Å². The van der Waals surface area contributed by atoms with Crippen LogP contribution < -0.4 is 15.8 Å². The molecule has 5 nitrogen and oxygen atoms in total. The van der Waals surface area contributed by atoms with E-state index in [0.717, 1.165) is 12.8 Å². The van der Waals surface area contributed by atoms with E-state index in [2.05, 4.69) is 25.2 Å². The Hall–Kier alpha value is -2.06. The molecule has 114 valence electrons. The molecule has 0 radical (unpaired) electrons. The summed E-state index contributed by atoms with van der Waals surface area (Å²) in [4.78, 5) is 12.1. The molecule has 0 saturated carbocycles. The number of amides is 1. The molecule has 0 aromatic heterocycles. The number of carbonyl (C=O) groups is 1. The maximum Gasteiger partial charge on any atom is 0.224 e. The second kappa shape index (κ2) is 7.65. The quantitative estimate of drug-likeness (QED) is 0.807. The van der Waals surface area contributed by atoms with E-state index in [1.165, 1.54) is 7.11 Å². The molecule has 1 rings (SSSR count). The van der Waals surface area contributed by atoms with Crippen molar-refractivity contribution < 1.29 is 9.53 Å². The number of ether oxygens (including phenoxy) is 1. The van der Waals surface area contributed by atoms with Crippen LogP contribution in [0.5, 0.6) is 5.75 Å². The number of methoxy groups -OCH3 is 1. The molecule has 0 bridgehead atoms. The number of benzene rings is 1. The number of anilines is 1. The molecular weight excluding hydrogens is 266 g/mol. The average molecular weight is 289 g/mol. The van der Waals surface area contributed by atoms with Crippen LogP contribution in [0.15, 0.2) is 18.2 Å². The lowest BCUT2D eigenvalue weighted by Crippen LogP contribution is -2.21. The summed E-state index contributed by atoms with van der Waals surface area (Å²) in [5.74, 6) is 0.365. The number of hydrogen-bond acceptors (Lipinski definition) is 4. The predicted octanol–water partition coefficient (Wildman–Crippen LogP) is 2.66. The van der Waals surface area contributed by atoms with E-state index < -0.39 is 0 Å². The maximum atomic E-state index is 12.1. The number of rotatable bonds is 7. The van der Waals surface area contributed by atoms with Crippen LogP contribution in [0.25, 0.3) is 0 Å². The van der Waals surface area contributed by atoms with E-state index in [9.17, 15) is 4.79 Å². The van der Waals surface area contributed by atoms with Crippen molar-refractivity contribution in [2.45, 2.75) is 33.1 Å². The van der Waals surface area contributed by atoms with Crippen LogP contribution in [-0.4, -0.2) is 19.6 Å². The van der Waals surface area contributed by atoms with Crippen molar-refractivity contribution in [1.29, 1.82) is 5.26 Å². The Kier molecular flexibility index (Phi) is 6.19. The number of hydrogen-bond donors (Lipinski definition) is 2. The van der Waals surface area contributed by atoms with E-state index in [-0.39, 0.29) is 11.3 Å². The van der Waals surface area contributed by atoms with Gasteiger partial charge in [-0.15, -0.1) is 0 Å². The third kappa shape index (κ3) is 5.09. The highest BCUT2D eigenvalue weighted by atomic mass is 16.5. The first kappa shape index (κ1) is 17.0. The Labute approximate surface area is 126 Å². The number of nitrogens with zero attached hydrogens (tertiary/aromatic N) is 1. The highest BCUT2D eigenvalue weighted by Gasteiger charge is 2.19. The van der Waals surface area contributed by atoms with E-state index >= 15 is 0 Å². The fraction of sp³-hybridized carbons (Fsp3) is 0.500. The Bertz CT molecular complexity index is 533. The minimum atomic E-state index is -0.124. The number of nitriles is 1. The molecule has 0 saturated heterocycles. The third-order valence-electron chi connectivity index (χ3n) is 3.48. The van der Waals surface area contributed by atoms with Gasteiger partial charge in [0, 0.05) is 6.42 Å². The lowest BCUT2D eigenvalue weighted by molar-refractivity contribution is -0.116. The molecular formula is C16H23N3O2. The van der Waals surface area contributed by atoms with Crippen LogP contribution >= 0.6 is 0 Å².